The minimum atomic E-state index is -3.80. The van der Waals surface area contributed by atoms with Gasteiger partial charge in [0.25, 0.3) is 0 Å². The van der Waals surface area contributed by atoms with E-state index in [0.717, 1.165) is 22.6 Å². The third-order valence-electron chi connectivity index (χ3n) is 6.27. The Labute approximate surface area is 205 Å². The number of anilines is 1. The molecule has 0 saturated heterocycles. The van der Waals surface area contributed by atoms with Gasteiger partial charge in [-0.05, 0) is 47.9 Å². The molecule has 1 aliphatic heterocycles. The molecule has 0 fully saturated rings. The molecule has 0 bridgehead atoms. The first kappa shape index (κ1) is 22.8. The summed E-state index contributed by atoms with van der Waals surface area (Å²) in [6.45, 7) is 1.14. The summed E-state index contributed by atoms with van der Waals surface area (Å²) in [5.41, 5.74) is 3.27. The highest BCUT2D eigenvalue weighted by atomic mass is 32.2. The van der Waals surface area contributed by atoms with Crippen molar-refractivity contribution in [2.24, 2.45) is 0 Å². The molecule has 2 heterocycles. The minimum Gasteiger partial charge on any atom is -0.362 e. The van der Waals surface area contributed by atoms with Crippen LogP contribution in [0.3, 0.4) is 0 Å². The summed E-state index contributed by atoms with van der Waals surface area (Å²) < 4.78 is 29.5. The molecule has 0 aliphatic carbocycles. The molecule has 8 heteroatoms. The van der Waals surface area contributed by atoms with Crippen LogP contribution in [0.15, 0.2) is 96.2 Å². The summed E-state index contributed by atoms with van der Waals surface area (Å²) in [7, 11) is -3.80. The summed E-state index contributed by atoms with van der Waals surface area (Å²) in [6, 6.07) is 25.8. The molecule has 4 aromatic rings. The molecule has 0 radical (unpaired) electrons. The van der Waals surface area contributed by atoms with E-state index in [1.54, 1.807) is 53.1 Å². The van der Waals surface area contributed by atoms with Gasteiger partial charge in [-0.25, -0.2) is 13.4 Å². The van der Waals surface area contributed by atoms with E-state index in [-0.39, 0.29) is 17.5 Å². The summed E-state index contributed by atoms with van der Waals surface area (Å²) in [4.78, 5) is 9.96. The largest absolute Gasteiger partial charge is 0.362 e. The van der Waals surface area contributed by atoms with Crippen molar-refractivity contribution in [3.8, 4) is 6.07 Å². The van der Waals surface area contributed by atoms with Gasteiger partial charge in [0, 0.05) is 37.2 Å². The average molecular weight is 484 g/mol. The van der Waals surface area contributed by atoms with Gasteiger partial charge in [0.2, 0.25) is 10.0 Å². The zero-order valence-corrected chi connectivity index (χ0v) is 19.9. The molecule has 0 saturated carbocycles. The maximum Gasteiger partial charge on any atom is 0.243 e. The number of sulfonamides is 1. The van der Waals surface area contributed by atoms with E-state index in [4.69, 9.17) is 0 Å². The van der Waals surface area contributed by atoms with Gasteiger partial charge in [-0.1, -0.05) is 48.5 Å². The predicted octanol–water partition coefficient (Wildman–Crippen LogP) is 4.10. The zero-order valence-electron chi connectivity index (χ0n) is 19.1. The second-order valence-electron chi connectivity index (χ2n) is 8.58. The Hall–Kier alpha value is -3.93. The van der Waals surface area contributed by atoms with E-state index in [2.05, 4.69) is 20.9 Å². The number of hydrogen-bond donors (Lipinski definition) is 1. The van der Waals surface area contributed by atoms with Crippen molar-refractivity contribution in [1.82, 2.24) is 14.3 Å². The van der Waals surface area contributed by atoms with Crippen molar-refractivity contribution in [2.45, 2.75) is 30.4 Å². The number of rotatable bonds is 6. The smallest absolute Gasteiger partial charge is 0.243 e. The van der Waals surface area contributed by atoms with Crippen LogP contribution < -0.4 is 4.90 Å². The Morgan fingerprint density at radius 2 is 1.77 bits per heavy atom. The van der Waals surface area contributed by atoms with Crippen LogP contribution >= 0.6 is 0 Å². The van der Waals surface area contributed by atoms with E-state index >= 15 is 0 Å². The maximum absolute atomic E-state index is 14.0. The molecule has 1 aliphatic rings. The van der Waals surface area contributed by atoms with Crippen molar-refractivity contribution >= 4 is 15.7 Å². The van der Waals surface area contributed by atoms with Gasteiger partial charge in [-0.15, -0.1) is 0 Å². The molecule has 1 unspecified atom stereocenters. The second-order valence-corrected chi connectivity index (χ2v) is 10.5. The molecule has 0 spiro atoms. The van der Waals surface area contributed by atoms with Crippen LogP contribution in [0.25, 0.3) is 0 Å². The van der Waals surface area contributed by atoms with Crippen molar-refractivity contribution in [2.75, 3.05) is 11.4 Å². The zero-order chi connectivity index (χ0) is 24.3. The number of nitrogens with one attached hydrogen (secondary N) is 1. The van der Waals surface area contributed by atoms with Crippen molar-refractivity contribution < 1.29 is 8.42 Å². The lowest BCUT2D eigenvalue weighted by Crippen LogP contribution is -2.45. The number of aromatic nitrogens is 2. The van der Waals surface area contributed by atoms with E-state index in [1.807, 2.05) is 42.5 Å². The first-order valence-corrected chi connectivity index (χ1v) is 12.9. The third kappa shape index (κ3) is 4.83. The molecule has 1 aromatic heterocycles. The van der Waals surface area contributed by atoms with Gasteiger partial charge in [0.05, 0.1) is 23.1 Å². The molecular formula is C27H25N5O2S. The number of nitriles is 1. The minimum absolute atomic E-state index is 0.175. The van der Waals surface area contributed by atoms with Crippen molar-refractivity contribution in [1.29, 1.82) is 5.26 Å². The number of aromatic amines is 1. The van der Waals surface area contributed by atoms with Gasteiger partial charge in [-0.3, -0.25) is 0 Å². The molecule has 35 heavy (non-hydrogen) atoms. The van der Waals surface area contributed by atoms with Crippen LogP contribution in [0.4, 0.5) is 5.69 Å². The van der Waals surface area contributed by atoms with E-state index in [1.165, 1.54) is 0 Å². The van der Waals surface area contributed by atoms with Gasteiger partial charge >= 0.3 is 0 Å². The number of nitrogens with zero attached hydrogens (tertiary/aromatic N) is 4. The SMILES string of the molecule is N#Cc1ccc2c(c1)CN(S(=O)(=O)c1ccccc1)C(Cc1ccccc1)CN2Cc1ncc[nH]1. The van der Waals surface area contributed by atoms with E-state index in [0.29, 0.717) is 25.1 Å². The number of imidazole rings is 1. The van der Waals surface area contributed by atoms with Crippen LogP contribution in [0, 0.1) is 11.3 Å². The first-order chi connectivity index (χ1) is 17.0. The lowest BCUT2D eigenvalue weighted by atomic mass is 10.1. The first-order valence-electron chi connectivity index (χ1n) is 11.4. The normalized spacial score (nSPS) is 16.3. The van der Waals surface area contributed by atoms with Gasteiger partial charge < -0.3 is 9.88 Å². The van der Waals surface area contributed by atoms with Gasteiger partial charge in [0.1, 0.15) is 5.82 Å². The van der Waals surface area contributed by atoms with E-state index in [9.17, 15) is 13.7 Å². The number of H-pyrrole nitrogens is 1. The second kappa shape index (κ2) is 9.74. The Morgan fingerprint density at radius 3 is 2.46 bits per heavy atom. The highest BCUT2D eigenvalue weighted by Gasteiger charge is 2.36. The summed E-state index contributed by atoms with van der Waals surface area (Å²) in [5.74, 6) is 0.790. The van der Waals surface area contributed by atoms with Crippen LogP contribution in [-0.2, 0) is 29.5 Å². The predicted molar refractivity (Wildman–Crippen MR) is 134 cm³/mol. The highest BCUT2D eigenvalue weighted by molar-refractivity contribution is 7.89. The van der Waals surface area contributed by atoms with Crippen LogP contribution in [0.5, 0.6) is 0 Å². The molecule has 7 nitrogen and oxygen atoms in total. The lowest BCUT2D eigenvalue weighted by Gasteiger charge is -2.32. The van der Waals surface area contributed by atoms with E-state index < -0.39 is 10.0 Å². The number of fused-ring (bicyclic) bond motifs is 1. The molecule has 1 N–H and O–H groups in total. The molecule has 5 rings (SSSR count). The Morgan fingerprint density at radius 1 is 1.03 bits per heavy atom. The topological polar surface area (TPSA) is 93.1 Å². The molecule has 0 amide bonds. The quantitative estimate of drug-likeness (QED) is 0.446. The van der Waals surface area contributed by atoms with Crippen molar-refractivity contribution in [3.05, 3.63) is 114 Å². The van der Waals surface area contributed by atoms with Crippen LogP contribution in [0.2, 0.25) is 0 Å². The van der Waals surface area contributed by atoms with Crippen LogP contribution in [0.1, 0.15) is 22.5 Å². The fourth-order valence-electron chi connectivity index (χ4n) is 4.61. The maximum atomic E-state index is 14.0. The summed E-state index contributed by atoms with van der Waals surface area (Å²) in [5, 5.41) is 9.52. The Balaban J connectivity index is 1.62. The van der Waals surface area contributed by atoms with Crippen LogP contribution in [-0.4, -0.2) is 35.3 Å². The van der Waals surface area contributed by atoms with Gasteiger partial charge in [-0.2, -0.15) is 9.57 Å². The molecule has 176 valence electrons. The molecule has 1 atom stereocenters. The monoisotopic (exact) mass is 483 g/mol. The molecule has 3 aromatic carbocycles. The number of benzene rings is 3. The summed E-state index contributed by atoms with van der Waals surface area (Å²) in [6.07, 6.45) is 4.04. The molecular weight excluding hydrogens is 458 g/mol. The van der Waals surface area contributed by atoms with Gasteiger partial charge in [0.15, 0.2) is 0 Å². The highest BCUT2D eigenvalue weighted by Crippen LogP contribution is 2.33. The average Bonchev–Trinajstić information content (AvgIpc) is 3.35. The standard InChI is InChI=1S/C27H25N5O2S/c28-17-22-11-12-26-23(15-22)18-32(35(33,34)25-9-5-2-6-10-25)24(16-21-7-3-1-4-8-21)19-31(26)20-27-29-13-14-30-27/h1-15,24H,16,18-20H2,(H,29,30). The third-order valence-corrected chi connectivity index (χ3v) is 8.19. The fourth-order valence-corrected chi connectivity index (χ4v) is 6.22. The van der Waals surface area contributed by atoms with Crippen molar-refractivity contribution in [3.63, 3.8) is 0 Å². The number of hydrogen-bond acceptors (Lipinski definition) is 5. The summed E-state index contributed by atoms with van der Waals surface area (Å²) >= 11 is 0. The Kier molecular flexibility index (Phi) is 6.36. The lowest BCUT2D eigenvalue weighted by molar-refractivity contribution is 0.317. The Bertz CT molecular complexity index is 1430. The fraction of sp³-hybridized carbons (Fsp3) is 0.185.